The van der Waals surface area contributed by atoms with Crippen LogP contribution in [0.3, 0.4) is 0 Å². The summed E-state index contributed by atoms with van der Waals surface area (Å²) in [7, 11) is 0. The summed E-state index contributed by atoms with van der Waals surface area (Å²) < 4.78 is 5.64. The van der Waals surface area contributed by atoms with Gasteiger partial charge in [-0.1, -0.05) is 24.3 Å². The number of rotatable bonds is 8. The Bertz CT molecular complexity index is 882. The smallest absolute Gasteiger partial charge is 0.270 e. The average Bonchev–Trinajstić information content (AvgIpc) is 2.72. The van der Waals surface area contributed by atoms with Crippen molar-refractivity contribution in [2.45, 2.75) is 18.9 Å². The van der Waals surface area contributed by atoms with E-state index in [9.17, 15) is 15.2 Å². The third-order valence-corrected chi connectivity index (χ3v) is 4.20. The Morgan fingerprint density at radius 2 is 1.78 bits per heavy atom. The molecule has 0 saturated heterocycles. The maximum atomic E-state index is 10.9. The van der Waals surface area contributed by atoms with E-state index in [0.717, 1.165) is 23.1 Å². The standard InChI is InChI=1S/C21H20N2O4/c24-20(7-4-16-10-12-22-13-11-16)15-27-21-8-5-17(6-9-21)18-2-1-3-19(14-18)23(25)26/h1-3,5-6,8-14,20,24H,4,7,15H2. The number of nitro groups is 1. The first kappa shape index (κ1) is 18.5. The number of hydrogen-bond donors (Lipinski definition) is 1. The Morgan fingerprint density at radius 1 is 1.04 bits per heavy atom. The van der Waals surface area contributed by atoms with Gasteiger partial charge in [-0.3, -0.25) is 15.1 Å². The van der Waals surface area contributed by atoms with Crippen LogP contribution in [0.15, 0.2) is 73.1 Å². The van der Waals surface area contributed by atoms with E-state index < -0.39 is 11.0 Å². The molecule has 3 aromatic rings. The first-order valence-electron chi connectivity index (χ1n) is 8.66. The number of nitrogens with zero attached hydrogens (tertiary/aromatic N) is 2. The van der Waals surface area contributed by atoms with Crippen LogP contribution in [-0.4, -0.2) is 27.7 Å². The van der Waals surface area contributed by atoms with Gasteiger partial charge in [0, 0.05) is 24.5 Å². The fourth-order valence-electron chi connectivity index (χ4n) is 2.70. The van der Waals surface area contributed by atoms with Gasteiger partial charge in [0.15, 0.2) is 0 Å². The molecule has 0 aliphatic carbocycles. The van der Waals surface area contributed by atoms with Crippen LogP contribution in [0.5, 0.6) is 5.75 Å². The number of aliphatic hydroxyl groups excluding tert-OH is 1. The highest BCUT2D eigenvalue weighted by Gasteiger charge is 2.08. The highest BCUT2D eigenvalue weighted by atomic mass is 16.6. The van der Waals surface area contributed by atoms with Gasteiger partial charge in [-0.2, -0.15) is 0 Å². The second kappa shape index (κ2) is 8.91. The fourth-order valence-corrected chi connectivity index (χ4v) is 2.70. The lowest BCUT2D eigenvalue weighted by Crippen LogP contribution is -2.18. The van der Waals surface area contributed by atoms with Gasteiger partial charge in [0.05, 0.1) is 11.0 Å². The third-order valence-electron chi connectivity index (χ3n) is 4.20. The van der Waals surface area contributed by atoms with Crippen molar-refractivity contribution in [1.82, 2.24) is 4.98 Å². The van der Waals surface area contributed by atoms with Crippen LogP contribution in [0.25, 0.3) is 11.1 Å². The first-order valence-corrected chi connectivity index (χ1v) is 8.66. The van der Waals surface area contributed by atoms with Crippen molar-refractivity contribution in [2.24, 2.45) is 0 Å². The molecular weight excluding hydrogens is 344 g/mol. The van der Waals surface area contributed by atoms with Crippen LogP contribution in [0.4, 0.5) is 5.69 Å². The van der Waals surface area contributed by atoms with Gasteiger partial charge in [0.1, 0.15) is 12.4 Å². The number of nitro benzene ring substituents is 1. The minimum absolute atomic E-state index is 0.0603. The molecule has 2 aromatic carbocycles. The van der Waals surface area contributed by atoms with E-state index in [1.54, 1.807) is 36.7 Å². The SMILES string of the molecule is O=[N+]([O-])c1cccc(-c2ccc(OCC(O)CCc3ccncc3)cc2)c1. The molecule has 138 valence electrons. The lowest BCUT2D eigenvalue weighted by Gasteiger charge is -2.13. The van der Waals surface area contributed by atoms with Crippen molar-refractivity contribution in [1.29, 1.82) is 0 Å². The van der Waals surface area contributed by atoms with Crippen LogP contribution < -0.4 is 4.74 Å². The fraction of sp³-hybridized carbons (Fsp3) is 0.190. The summed E-state index contributed by atoms with van der Waals surface area (Å²) in [5.74, 6) is 0.646. The highest BCUT2D eigenvalue weighted by Crippen LogP contribution is 2.25. The molecule has 27 heavy (non-hydrogen) atoms. The molecule has 1 atom stereocenters. The second-order valence-electron chi connectivity index (χ2n) is 6.19. The summed E-state index contributed by atoms with van der Waals surface area (Å²) in [5, 5.41) is 21.0. The number of aromatic nitrogens is 1. The van der Waals surface area contributed by atoms with Crippen molar-refractivity contribution in [3.05, 3.63) is 88.7 Å². The number of hydrogen-bond acceptors (Lipinski definition) is 5. The van der Waals surface area contributed by atoms with Crippen LogP contribution in [0, 0.1) is 10.1 Å². The molecule has 0 aliphatic heterocycles. The topological polar surface area (TPSA) is 85.5 Å². The van der Waals surface area contributed by atoms with Gasteiger partial charge < -0.3 is 9.84 Å². The van der Waals surface area contributed by atoms with E-state index in [2.05, 4.69) is 4.98 Å². The Kier molecular flexibility index (Phi) is 6.12. The summed E-state index contributed by atoms with van der Waals surface area (Å²) in [4.78, 5) is 14.5. The van der Waals surface area contributed by atoms with E-state index in [1.807, 2.05) is 30.3 Å². The van der Waals surface area contributed by atoms with Gasteiger partial charge >= 0.3 is 0 Å². The van der Waals surface area contributed by atoms with E-state index in [0.29, 0.717) is 12.2 Å². The van der Waals surface area contributed by atoms with Gasteiger partial charge in [0.25, 0.3) is 5.69 Å². The van der Waals surface area contributed by atoms with E-state index in [1.165, 1.54) is 6.07 Å². The summed E-state index contributed by atoms with van der Waals surface area (Å²) in [5.41, 5.74) is 2.83. The predicted octanol–water partition coefficient (Wildman–Crippen LogP) is 4.03. The second-order valence-corrected chi connectivity index (χ2v) is 6.19. The maximum absolute atomic E-state index is 10.9. The molecule has 0 spiro atoms. The molecule has 1 aromatic heterocycles. The van der Waals surface area contributed by atoms with E-state index in [-0.39, 0.29) is 12.3 Å². The largest absolute Gasteiger partial charge is 0.491 e. The molecule has 6 nitrogen and oxygen atoms in total. The normalized spacial score (nSPS) is 11.7. The lowest BCUT2D eigenvalue weighted by atomic mass is 10.1. The summed E-state index contributed by atoms with van der Waals surface area (Å²) in [6.07, 6.45) is 4.28. The minimum Gasteiger partial charge on any atom is -0.491 e. The lowest BCUT2D eigenvalue weighted by molar-refractivity contribution is -0.384. The zero-order chi connectivity index (χ0) is 19.1. The minimum atomic E-state index is -0.561. The summed E-state index contributed by atoms with van der Waals surface area (Å²) >= 11 is 0. The highest BCUT2D eigenvalue weighted by molar-refractivity contribution is 5.66. The monoisotopic (exact) mass is 364 g/mol. The van der Waals surface area contributed by atoms with Gasteiger partial charge in [-0.25, -0.2) is 0 Å². The molecular formula is C21H20N2O4. The Balaban J connectivity index is 1.53. The predicted molar refractivity (Wildman–Crippen MR) is 103 cm³/mol. The quantitative estimate of drug-likeness (QED) is 0.482. The van der Waals surface area contributed by atoms with Crippen molar-refractivity contribution in [3.8, 4) is 16.9 Å². The molecule has 0 saturated carbocycles. The third kappa shape index (κ3) is 5.36. The number of benzene rings is 2. The first-order chi connectivity index (χ1) is 13.1. The van der Waals surface area contributed by atoms with Crippen LogP contribution in [0.1, 0.15) is 12.0 Å². The molecule has 0 aliphatic rings. The van der Waals surface area contributed by atoms with Crippen molar-refractivity contribution < 1.29 is 14.8 Å². The molecule has 6 heteroatoms. The number of aryl methyl sites for hydroxylation is 1. The molecule has 3 rings (SSSR count). The molecule has 1 unspecified atom stereocenters. The number of aliphatic hydroxyl groups is 1. The Morgan fingerprint density at radius 3 is 2.48 bits per heavy atom. The van der Waals surface area contributed by atoms with Crippen LogP contribution >= 0.6 is 0 Å². The van der Waals surface area contributed by atoms with Crippen LogP contribution in [-0.2, 0) is 6.42 Å². The van der Waals surface area contributed by atoms with E-state index >= 15 is 0 Å². The number of pyridine rings is 1. The Hall–Kier alpha value is -3.25. The summed E-state index contributed by atoms with van der Waals surface area (Å²) in [6, 6.07) is 17.6. The zero-order valence-corrected chi connectivity index (χ0v) is 14.7. The zero-order valence-electron chi connectivity index (χ0n) is 14.7. The van der Waals surface area contributed by atoms with Gasteiger partial charge in [-0.15, -0.1) is 0 Å². The number of non-ortho nitro benzene ring substituents is 1. The molecule has 1 N–H and O–H groups in total. The Labute approximate surface area is 157 Å². The van der Waals surface area contributed by atoms with E-state index in [4.69, 9.17) is 4.74 Å². The molecule has 0 fully saturated rings. The van der Waals surface area contributed by atoms with Crippen molar-refractivity contribution >= 4 is 5.69 Å². The molecule has 0 amide bonds. The van der Waals surface area contributed by atoms with Crippen molar-refractivity contribution in [3.63, 3.8) is 0 Å². The molecule has 0 radical (unpaired) electrons. The summed E-state index contributed by atoms with van der Waals surface area (Å²) in [6.45, 7) is 0.210. The van der Waals surface area contributed by atoms with Gasteiger partial charge in [-0.05, 0) is 53.8 Å². The average molecular weight is 364 g/mol. The van der Waals surface area contributed by atoms with Gasteiger partial charge in [0.2, 0.25) is 0 Å². The molecule has 0 bridgehead atoms. The van der Waals surface area contributed by atoms with Crippen LogP contribution in [0.2, 0.25) is 0 Å². The number of ether oxygens (including phenoxy) is 1. The van der Waals surface area contributed by atoms with Crippen molar-refractivity contribution in [2.75, 3.05) is 6.61 Å². The maximum Gasteiger partial charge on any atom is 0.270 e. The molecule has 1 heterocycles.